The quantitative estimate of drug-likeness (QED) is 0.306. The molecule has 0 radical (unpaired) electrons. The number of carboxylic acid groups (broad SMARTS) is 1. The van der Waals surface area contributed by atoms with E-state index in [2.05, 4.69) is 0 Å². The van der Waals surface area contributed by atoms with E-state index < -0.39 is 19.6 Å². The lowest BCUT2D eigenvalue weighted by molar-refractivity contribution is -0.132. The lowest BCUT2D eigenvalue weighted by atomic mass is 10.2. The molecule has 5 nitrogen and oxygen atoms in total. The molecular formula is C13H25NO4PS+. The summed E-state index contributed by atoms with van der Waals surface area (Å²) in [4.78, 5) is 11.1. The minimum atomic E-state index is -1.95. The van der Waals surface area contributed by atoms with Gasteiger partial charge in [0, 0.05) is 18.2 Å². The predicted octanol–water partition coefficient (Wildman–Crippen LogP) is 2.27. The van der Waals surface area contributed by atoms with Crippen LogP contribution >= 0.6 is 19.6 Å². The van der Waals surface area contributed by atoms with Gasteiger partial charge in [0.15, 0.2) is 6.16 Å². The number of hydrogen-bond donors (Lipinski definition) is 3. The summed E-state index contributed by atoms with van der Waals surface area (Å²) in [6.45, 7) is 4.17. The molecule has 0 aliphatic rings. The number of allylic oxidation sites excluding steroid dienone is 1. The molecule has 0 saturated carbocycles. The van der Waals surface area contributed by atoms with Crippen LogP contribution < -0.4 is 5.73 Å². The molecule has 0 aliphatic heterocycles. The molecule has 2 unspecified atom stereocenters. The second-order valence-corrected chi connectivity index (χ2v) is 7.71. The zero-order chi connectivity index (χ0) is 15.5. The fourth-order valence-corrected chi connectivity index (χ4v) is 3.65. The molecule has 0 aliphatic carbocycles. The molecular weight excluding hydrogens is 297 g/mol. The Morgan fingerprint density at radius 3 is 2.55 bits per heavy atom. The maximum absolute atomic E-state index is 11.8. The number of carboxylic acids is 1. The van der Waals surface area contributed by atoms with Gasteiger partial charge < -0.3 is 15.9 Å². The molecule has 0 heterocycles. The van der Waals surface area contributed by atoms with Crippen LogP contribution in [0.4, 0.5) is 0 Å². The number of thioether (sulfide) groups is 1. The van der Waals surface area contributed by atoms with Crippen molar-refractivity contribution in [3.63, 3.8) is 0 Å². The largest absolute Gasteiger partial charge is 0.478 e. The molecule has 2 atom stereocenters. The van der Waals surface area contributed by atoms with Gasteiger partial charge in [0.05, 0.1) is 5.57 Å². The molecule has 0 amide bonds. The summed E-state index contributed by atoms with van der Waals surface area (Å²) < 4.78 is 11.8. The smallest absolute Gasteiger partial charge is 0.375 e. The number of aliphatic hydroxyl groups excluding tert-OH is 1. The summed E-state index contributed by atoms with van der Waals surface area (Å²) in [7, 11) is -1.95. The second-order valence-electron chi connectivity index (χ2n) is 4.81. The van der Waals surface area contributed by atoms with Crippen LogP contribution in [0.15, 0.2) is 11.6 Å². The summed E-state index contributed by atoms with van der Waals surface area (Å²) in [5, 5.41) is 18.8. The van der Waals surface area contributed by atoms with Gasteiger partial charge in [0.2, 0.25) is 0 Å². The van der Waals surface area contributed by atoms with E-state index in [1.165, 1.54) is 0 Å². The molecule has 0 rings (SSSR count). The highest BCUT2D eigenvalue weighted by molar-refractivity contribution is 7.99. The molecule has 0 fully saturated rings. The van der Waals surface area contributed by atoms with Gasteiger partial charge in [-0.3, -0.25) is 0 Å². The topological polar surface area (TPSA) is 101 Å². The Morgan fingerprint density at radius 2 is 2.05 bits per heavy atom. The summed E-state index contributed by atoms with van der Waals surface area (Å²) in [6.07, 6.45) is 3.05. The number of rotatable bonds is 11. The van der Waals surface area contributed by atoms with Crippen LogP contribution in [0.1, 0.15) is 26.7 Å². The monoisotopic (exact) mass is 322 g/mol. The number of hydrogen-bond acceptors (Lipinski definition) is 5. The molecule has 4 N–H and O–H groups in total. The number of aliphatic carboxylic acids is 1. The van der Waals surface area contributed by atoms with Crippen LogP contribution in [0.2, 0.25) is 0 Å². The first-order valence-corrected chi connectivity index (χ1v) is 9.39. The maximum Gasteiger partial charge on any atom is 0.375 e. The van der Waals surface area contributed by atoms with E-state index in [0.29, 0.717) is 13.0 Å². The van der Waals surface area contributed by atoms with Crippen molar-refractivity contribution in [1.82, 2.24) is 0 Å². The van der Waals surface area contributed by atoms with Crippen molar-refractivity contribution in [1.29, 1.82) is 0 Å². The van der Waals surface area contributed by atoms with Crippen LogP contribution in [0, 0.1) is 5.92 Å². The van der Waals surface area contributed by atoms with E-state index in [4.69, 9.17) is 10.8 Å². The summed E-state index contributed by atoms with van der Waals surface area (Å²) in [5.41, 5.74) is 5.51. The fourth-order valence-electron chi connectivity index (χ4n) is 1.46. The van der Waals surface area contributed by atoms with Crippen molar-refractivity contribution in [2.24, 2.45) is 11.7 Å². The minimum Gasteiger partial charge on any atom is -0.478 e. The number of unbranched alkanes of at least 4 members (excludes halogenated alkanes) is 1. The number of nitrogens with two attached hydrogens (primary N) is 1. The van der Waals surface area contributed by atoms with E-state index in [-0.39, 0.29) is 17.7 Å². The first-order valence-electron chi connectivity index (χ1n) is 6.72. The number of carbonyl (C=O) groups is 1. The van der Waals surface area contributed by atoms with E-state index in [1.54, 1.807) is 31.7 Å². The van der Waals surface area contributed by atoms with Crippen LogP contribution in [-0.4, -0.2) is 46.2 Å². The van der Waals surface area contributed by atoms with Crippen LogP contribution in [0.3, 0.4) is 0 Å². The van der Waals surface area contributed by atoms with E-state index in [0.717, 1.165) is 17.9 Å². The molecule has 20 heavy (non-hydrogen) atoms. The third-order valence-corrected chi connectivity index (χ3v) is 5.58. The molecule has 0 spiro atoms. The third-order valence-electron chi connectivity index (χ3n) is 2.64. The van der Waals surface area contributed by atoms with E-state index >= 15 is 0 Å². The zero-order valence-corrected chi connectivity index (χ0v) is 13.8. The first-order chi connectivity index (χ1) is 9.40. The highest BCUT2D eigenvalue weighted by Gasteiger charge is 2.33. The van der Waals surface area contributed by atoms with Crippen LogP contribution in [0.25, 0.3) is 0 Å². The van der Waals surface area contributed by atoms with Gasteiger partial charge in [-0.2, -0.15) is 11.8 Å². The van der Waals surface area contributed by atoms with Crippen molar-refractivity contribution in [3.05, 3.63) is 11.6 Å². The summed E-state index contributed by atoms with van der Waals surface area (Å²) in [5.74, 6) is -0.309. The van der Waals surface area contributed by atoms with Gasteiger partial charge >= 0.3 is 13.8 Å². The minimum absolute atomic E-state index is 0.0695. The Labute approximate surface area is 125 Å². The molecule has 116 valence electrons. The zero-order valence-electron chi connectivity index (χ0n) is 12.1. The Balaban J connectivity index is 4.29. The maximum atomic E-state index is 11.8. The highest BCUT2D eigenvalue weighted by atomic mass is 32.2. The molecule has 7 heteroatoms. The summed E-state index contributed by atoms with van der Waals surface area (Å²) in [6, 6.07) is 0. The van der Waals surface area contributed by atoms with E-state index in [9.17, 15) is 14.5 Å². The van der Waals surface area contributed by atoms with Crippen molar-refractivity contribution >= 4 is 25.5 Å². The molecule has 0 saturated heterocycles. The van der Waals surface area contributed by atoms with Crippen LogP contribution in [-0.2, 0) is 9.36 Å². The molecule has 0 aromatic rings. The average Bonchev–Trinajstić information content (AvgIpc) is 2.39. The standard InChI is InChI=1S/C13H24NO4PS/c1-10(2)13(17)19(18)9-11(12(15)16)5-3-4-7-20-8-6-14/h5,10,13,17H,3-4,6-9,14H2,1-2H3/p+1/b11-5+. The van der Waals surface area contributed by atoms with Crippen LogP contribution in [0.5, 0.6) is 0 Å². The van der Waals surface area contributed by atoms with Crippen molar-refractivity contribution in [2.75, 3.05) is 24.2 Å². The molecule has 0 aromatic carbocycles. The molecule has 0 aromatic heterocycles. The van der Waals surface area contributed by atoms with Crippen molar-refractivity contribution in [2.45, 2.75) is 32.5 Å². The van der Waals surface area contributed by atoms with Gasteiger partial charge in [0.1, 0.15) is 0 Å². The van der Waals surface area contributed by atoms with Gasteiger partial charge in [-0.1, -0.05) is 24.5 Å². The van der Waals surface area contributed by atoms with Crippen molar-refractivity contribution < 1.29 is 19.6 Å². The highest BCUT2D eigenvalue weighted by Crippen LogP contribution is 2.33. The SMILES string of the molecule is CC(C)C(O)[P+](=O)C/C(=C\CCCSCCN)C(=O)O. The average molecular weight is 322 g/mol. The van der Waals surface area contributed by atoms with Gasteiger partial charge in [-0.25, -0.2) is 4.79 Å². The van der Waals surface area contributed by atoms with Crippen molar-refractivity contribution in [3.8, 4) is 0 Å². The lowest BCUT2D eigenvalue weighted by Crippen LogP contribution is -2.13. The normalized spacial score (nSPS) is 14.4. The number of aliphatic hydroxyl groups is 1. The van der Waals surface area contributed by atoms with Gasteiger partial charge in [-0.05, 0) is 18.6 Å². The van der Waals surface area contributed by atoms with E-state index in [1.807, 2.05) is 0 Å². The lowest BCUT2D eigenvalue weighted by Gasteiger charge is -2.04. The predicted molar refractivity (Wildman–Crippen MR) is 84.7 cm³/mol. The Hall–Kier alpha value is -0.420. The fraction of sp³-hybridized carbons (Fsp3) is 0.769. The summed E-state index contributed by atoms with van der Waals surface area (Å²) >= 11 is 1.74. The Morgan fingerprint density at radius 1 is 1.40 bits per heavy atom. The molecule has 0 bridgehead atoms. The first kappa shape index (κ1) is 19.6. The van der Waals surface area contributed by atoms with Gasteiger partial charge in [0.25, 0.3) is 5.85 Å². The Kier molecular flexibility index (Phi) is 11.0. The van der Waals surface area contributed by atoms with Gasteiger partial charge in [-0.15, -0.1) is 0 Å². The third kappa shape index (κ3) is 8.69. The second kappa shape index (κ2) is 11.3. The Bertz CT molecular complexity index is 347.